The molecule has 3 heterocycles. The molecule has 174 valence electrons. The highest BCUT2D eigenvalue weighted by Gasteiger charge is 2.30. The molecule has 33 heavy (non-hydrogen) atoms. The first-order chi connectivity index (χ1) is 15.8. The fourth-order valence-electron chi connectivity index (χ4n) is 4.84. The van der Waals surface area contributed by atoms with Gasteiger partial charge in [0.1, 0.15) is 0 Å². The number of hydrogen-bond acceptors (Lipinski definition) is 7. The van der Waals surface area contributed by atoms with E-state index in [1.54, 1.807) is 11.6 Å². The van der Waals surface area contributed by atoms with E-state index in [0.29, 0.717) is 60.2 Å². The van der Waals surface area contributed by atoms with Crippen LogP contribution in [0.3, 0.4) is 0 Å². The molecule has 0 saturated carbocycles. The summed E-state index contributed by atoms with van der Waals surface area (Å²) in [6.07, 6.45) is 0.537. The molecule has 0 spiro atoms. The molecule has 1 N–H and O–H groups in total. The first-order valence-corrected chi connectivity index (χ1v) is 12.9. The van der Waals surface area contributed by atoms with Gasteiger partial charge in [0.15, 0.2) is 9.84 Å². The lowest BCUT2D eigenvalue weighted by Crippen LogP contribution is -2.40. The summed E-state index contributed by atoms with van der Waals surface area (Å²) in [6.45, 7) is 6.47. The third-order valence-corrected chi connectivity index (χ3v) is 8.36. The number of nitrogens with one attached hydrogen (secondary N) is 1. The SMILES string of the molecule is Cc1cc([C@@H](C)Nc2cccc3c2S(=O)(=O)CC3)c2nc(N3CCOCC3)n(C)c(=O)c2c1. The van der Waals surface area contributed by atoms with Crippen molar-refractivity contribution < 1.29 is 13.2 Å². The minimum atomic E-state index is -3.30. The van der Waals surface area contributed by atoms with Crippen molar-refractivity contribution in [1.82, 2.24) is 9.55 Å². The quantitative estimate of drug-likeness (QED) is 0.629. The summed E-state index contributed by atoms with van der Waals surface area (Å²) in [6, 6.07) is 9.20. The predicted octanol–water partition coefficient (Wildman–Crippen LogP) is 2.58. The third kappa shape index (κ3) is 3.79. The Hall–Kier alpha value is -2.91. The highest BCUT2D eigenvalue weighted by atomic mass is 32.2. The number of hydrogen-bond donors (Lipinski definition) is 1. The number of ether oxygens (including phenoxy) is 1. The maximum atomic E-state index is 13.3. The average molecular weight is 469 g/mol. The monoisotopic (exact) mass is 468 g/mol. The zero-order valence-corrected chi connectivity index (χ0v) is 19.9. The molecule has 1 atom stereocenters. The minimum Gasteiger partial charge on any atom is -0.378 e. The van der Waals surface area contributed by atoms with Crippen LogP contribution in [0.5, 0.6) is 0 Å². The van der Waals surface area contributed by atoms with Gasteiger partial charge in [0.05, 0.1) is 46.5 Å². The zero-order valence-electron chi connectivity index (χ0n) is 19.1. The Labute approximate surface area is 193 Å². The Bertz CT molecular complexity index is 1410. The van der Waals surface area contributed by atoms with Crippen molar-refractivity contribution in [2.45, 2.75) is 31.2 Å². The van der Waals surface area contributed by atoms with E-state index >= 15 is 0 Å². The van der Waals surface area contributed by atoms with Crippen molar-refractivity contribution in [2.24, 2.45) is 7.05 Å². The van der Waals surface area contributed by atoms with Crippen LogP contribution in [0, 0.1) is 6.92 Å². The van der Waals surface area contributed by atoms with Crippen LogP contribution in [-0.2, 0) is 28.0 Å². The van der Waals surface area contributed by atoms with Crippen LogP contribution >= 0.6 is 0 Å². The van der Waals surface area contributed by atoms with Crippen LogP contribution in [0.4, 0.5) is 11.6 Å². The topological polar surface area (TPSA) is 93.5 Å². The van der Waals surface area contributed by atoms with Crippen LogP contribution in [0.2, 0.25) is 0 Å². The Morgan fingerprint density at radius 2 is 1.94 bits per heavy atom. The number of aromatic nitrogens is 2. The molecule has 1 fully saturated rings. The normalized spacial score (nSPS) is 18.3. The van der Waals surface area contributed by atoms with Crippen molar-refractivity contribution in [3.63, 3.8) is 0 Å². The van der Waals surface area contributed by atoms with Gasteiger partial charge in [-0.1, -0.05) is 18.2 Å². The second-order valence-corrected chi connectivity index (χ2v) is 10.9. The smallest absolute Gasteiger partial charge is 0.262 e. The molecule has 0 amide bonds. The summed E-state index contributed by atoms with van der Waals surface area (Å²) >= 11 is 0. The molecule has 1 aromatic heterocycles. The van der Waals surface area contributed by atoms with Gasteiger partial charge in [-0.25, -0.2) is 13.4 Å². The van der Waals surface area contributed by atoms with Crippen molar-refractivity contribution in [2.75, 3.05) is 42.3 Å². The number of fused-ring (bicyclic) bond motifs is 2. The molecule has 2 aliphatic heterocycles. The summed E-state index contributed by atoms with van der Waals surface area (Å²) in [5.74, 6) is 0.764. The molecule has 1 saturated heterocycles. The van der Waals surface area contributed by atoms with Gasteiger partial charge >= 0.3 is 0 Å². The van der Waals surface area contributed by atoms with Gasteiger partial charge in [0.25, 0.3) is 5.56 Å². The third-order valence-electron chi connectivity index (χ3n) is 6.51. The highest BCUT2D eigenvalue weighted by Crippen LogP contribution is 2.35. The molecule has 0 unspecified atom stereocenters. The van der Waals surface area contributed by atoms with Crippen molar-refractivity contribution >= 4 is 32.4 Å². The molecule has 0 bridgehead atoms. The molecule has 9 heteroatoms. The summed E-state index contributed by atoms with van der Waals surface area (Å²) in [5, 5.41) is 3.96. The van der Waals surface area contributed by atoms with Gasteiger partial charge in [0.2, 0.25) is 5.95 Å². The molecular weight excluding hydrogens is 440 g/mol. The lowest BCUT2D eigenvalue weighted by molar-refractivity contribution is 0.121. The van der Waals surface area contributed by atoms with Gasteiger partial charge in [0, 0.05) is 25.7 Å². The van der Waals surface area contributed by atoms with E-state index in [4.69, 9.17) is 9.72 Å². The van der Waals surface area contributed by atoms with Crippen molar-refractivity contribution in [3.8, 4) is 0 Å². The fraction of sp³-hybridized carbons (Fsp3) is 0.417. The minimum absolute atomic E-state index is 0.0955. The average Bonchev–Trinajstić information content (AvgIpc) is 3.12. The predicted molar refractivity (Wildman–Crippen MR) is 129 cm³/mol. The van der Waals surface area contributed by atoms with E-state index in [1.807, 2.05) is 44.2 Å². The van der Waals surface area contributed by atoms with E-state index in [1.165, 1.54) is 0 Å². The maximum Gasteiger partial charge on any atom is 0.262 e. The number of rotatable bonds is 4. The number of nitrogens with zero attached hydrogens (tertiary/aromatic N) is 3. The Kier molecular flexibility index (Phi) is 5.41. The Morgan fingerprint density at radius 3 is 2.70 bits per heavy atom. The standard InChI is InChI=1S/C24H28N4O4S/c1-15-13-18(16(2)25-20-6-4-5-17-7-12-33(30,31)22(17)20)21-19(14-15)23(29)27(3)24(26-21)28-8-10-32-11-9-28/h4-6,13-14,16,25H,7-12H2,1-3H3/t16-/m1/s1. The maximum absolute atomic E-state index is 13.3. The van der Waals surface area contributed by atoms with Crippen LogP contribution in [0.1, 0.15) is 29.7 Å². The highest BCUT2D eigenvalue weighted by molar-refractivity contribution is 7.91. The fourth-order valence-corrected chi connectivity index (χ4v) is 6.56. The number of sulfone groups is 1. The molecule has 0 aliphatic carbocycles. The van der Waals surface area contributed by atoms with Gasteiger partial charge in [-0.05, 0) is 43.5 Å². The number of aryl methyl sites for hydroxylation is 2. The number of anilines is 2. The van der Waals surface area contributed by atoms with E-state index in [2.05, 4.69) is 10.2 Å². The Balaban J connectivity index is 1.62. The Morgan fingerprint density at radius 1 is 1.18 bits per heavy atom. The summed E-state index contributed by atoms with van der Waals surface area (Å²) in [4.78, 5) is 20.7. The summed E-state index contributed by atoms with van der Waals surface area (Å²) < 4.78 is 32.4. The molecule has 8 nitrogen and oxygen atoms in total. The molecule has 3 aromatic rings. The molecule has 2 aromatic carbocycles. The summed E-state index contributed by atoms with van der Waals surface area (Å²) in [7, 11) is -1.55. The van der Waals surface area contributed by atoms with E-state index in [-0.39, 0.29) is 17.4 Å². The van der Waals surface area contributed by atoms with Gasteiger partial charge in [-0.15, -0.1) is 0 Å². The van der Waals surface area contributed by atoms with E-state index in [9.17, 15) is 13.2 Å². The van der Waals surface area contributed by atoms with Gasteiger partial charge in [-0.2, -0.15) is 0 Å². The first-order valence-electron chi connectivity index (χ1n) is 11.2. The molecule has 2 aliphatic rings. The van der Waals surface area contributed by atoms with E-state index in [0.717, 1.165) is 16.7 Å². The molecular formula is C24H28N4O4S. The lowest BCUT2D eigenvalue weighted by Gasteiger charge is -2.29. The lowest BCUT2D eigenvalue weighted by atomic mass is 10.0. The molecule has 5 rings (SSSR count). The van der Waals surface area contributed by atoms with Gasteiger partial charge < -0.3 is 15.0 Å². The molecule has 0 radical (unpaired) electrons. The van der Waals surface area contributed by atoms with Crippen LogP contribution < -0.4 is 15.8 Å². The second kappa shape index (κ2) is 8.14. The van der Waals surface area contributed by atoms with Crippen LogP contribution in [0.15, 0.2) is 40.0 Å². The second-order valence-electron chi connectivity index (χ2n) is 8.85. The van der Waals surface area contributed by atoms with Crippen molar-refractivity contribution in [3.05, 3.63) is 57.4 Å². The van der Waals surface area contributed by atoms with Crippen LogP contribution in [0.25, 0.3) is 10.9 Å². The van der Waals surface area contributed by atoms with Crippen LogP contribution in [-0.4, -0.2) is 50.0 Å². The van der Waals surface area contributed by atoms with E-state index < -0.39 is 9.84 Å². The van der Waals surface area contributed by atoms with Gasteiger partial charge in [-0.3, -0.25) is 9.36 Å². The number of benzene rings is 2. The first kappa shape index (κ1) is 21.9. The van der Waals surface area contributed by atoms with Crippen molar-refractivity contribution in [1.29, 1.82) is 0 Å². The summed E-state index contributed by atoms with van der Waals surface area (Å²) in [5.41, 5.74) is 3.81. The zero-order chi connectivity index (χ0) is 23.3. The largest absolute Gasteiger partial charge is 0.378 e. The number of morpholine rings is 1.